The normalized spacial score (nSPS) is 11.1. The van der Waals surface area contributed by atoms with Gasteiger partial charge >= 0.3 is 0 Å². The third kappa shape index (κ3) is 4.18. The fourth-order valence-electron chi connectivity index (χ4n) is 4.62. The van der Waals surface area contributed by atoms with E-state index in [9.17, 15) is 4.79 Å². The number of halogens is 1. The molecule has 0 saturated heterocycles. The molecule has 0 aliphatic heterocycles. The van der Waals surface area contributed by atoms with Crippen molar-refractivity contribution in [3.05, 3.63) is 163 Å². The summed E-state index contributed by atoms with van der Waals surface area (Å²) < 4.78 is 15.6. The van der Waals surface area contributed by atoms with E-state index in [1.165, 1.54) is 6.07 Å². The molecule has 3 heteroatoms. The summed E-state index contributed by atoms with van der Waals surface area (Å²) in [6.45, 7) is -2.81. The summed E-state index contributed by atoms with van der Waals surface area (Å²) in [5, 5.41) is 3.49. The molecule has 5 aromatic rings. The molecule has 35 heavy (non-hydrogen) atoms. The molecule has 170 valence electrons. The second-order valence-corrected chi connectivity index (χ2v) is 11.5. The molecule has 0 spiro atoms. The van der Waals surface area contributed by atoms with Gasteiger partial charge in [0.2, 0.25) is 0 Å². The lowest BCUT2D eigenvalue weighted by Gasteiger charge is -2.33. The van der Waals surface area contributed by atoms with Gasteiger partial charge in [-0.1, -0.05) is 140 Å². The molecule has 0 N–H and O–H groups in total. The maximum atomic E-state index is 15.6. The molecule has 0 saturated carbocycles. The number of Topliss-reactive ketones (excluding diaryl/α,β-unsaturated/α-hetero) is 1. The Kier molecular flexibility index (Phi) is 6.57. The Labute approximate surface area is 205 Å². The largest absolute Gasteiger partial charge is 0.289 e. The van der Waals surface area contributed by atoms with Crippen LogP contribution in [-0.4, -0.2) is 11.1 Å². The van der Waals surface area contributed by atoms with E-state index in [0.29, 0.717) is 16.4 Å². The van der Waals surface area contributed by atoms with Gasteiger partial charge in [0, 0.05) is 16.4 Å². The summed E-state index contributed by atoms with van der Waals surface area (Å²) in [5.74, 6) is -0.570. The highest BCUT2D eigenvalue weighted by Crippen LogP contribution is 2.48. The first-order chi connectivity index (χ1) is 17.2. The van der Waals surface area contributed by atoms with Gasteiger partial charge in [0.05, 0.1) is 0 Å². The van der Waals surface area contributed by atoms with E-state index in [0.717, 1.165) is 15.9 Å². The van der Waals surface area contributed by atoms with Crippen molar-refractivity contribution in [2.45, 2.75) is 0 Å². The van der Waals surface area contributed by atoms with Crippen molar-refractivity contribution >= 4 is 33.9 Å². The molecule has 0 aliphatic rings. The fraction of sp³-hybridized carbons (Fsp3) is 0. The number of hydrogen-bond donors (Lipinski definition) is 0. The van der Waals surface area contributed by atoms with Gasteiger partial charge in [0.1, 0.15) is 5.82 Å². The van der Waals surface area contributed by atoms with Crippen molar-refractivity contribution in [2.24, 2.45) is 0 Å². The Bertz CT molecular complexity index is 1390. The Balaban J connectivity index is 2.08. The van der Waals surface area contributed by atoms with Gasteiger partial charge < -0.3 is 0 Å². The average molecular weight is 475 g/mol. The fourth-order valence-corrected chi connectivity index (χ4v) is 9.13. The Morgan fingerprint density at radius 1 is 0.486 bits per heavy atom. The van der Waals surface area contributed by atoms with Crippen LogP contribution in [-0.2, 0) is 0 Å². The highest BCUT2D eigenvalue weighted by Gasteiger charge is 2.35. The standard InChI is InChI=1S/C32H24FOP/c33-30-24-14-13-23-29(30)32(31(34)25-15-5-1-6-16-25)35(26-17-7-2-8-18-26,27-19-9-3-10-20-27)28-21-11-4-12-22-28/h1-24H. The van der Waals surface area contributed by atoms with E-state index in [1.54, 1.807) is 30.3 Å². The lowest BCUT2D eigenvalue weighted by molar-refractivity contribution is 0.106. The van der Waals surface area contributed by atoms with Crippen molar-refractivity contribution in [2.75, 3.05) is 0 Å². The van der Waals surface area contributed by atoms with Gasteiger partial charge in [0.25, 0.3) is 0 Å². The van der Waals surface area contributed by atoms with E-state index in [2.05, 4.69) is 36.4 Å². The third-order valence-corrected chi connectivity index (χ3v) is 10.5. The summed E-state index contributed by atoms with van der Waals surface area (Å²) in [4.78, 5) is 14.5. The lowest BCUT2D eigenvalue weighted by Crippen LogP contribution is -2.34. The molecule has 0 aromatic heterocycles. The van der Waals surface area contributed by atoms with Crippen molar-refractivity contribution < 1.29 is 9.18 Å². The van der Waals surface area contributed by atoms with Crippen LogP contribution in [0, 0.1) is 5.82 Å². The smallest absolute Gasteiger partial charge is 0.194 e. The molecule has 5 rings (SSSR count). The van der Waals surface area contributed by atoms with Crippen LogP contribution in [0.3, 0.4) is 0 Å². The summed E-state index contributed by atoms with van der Waals surface area (Å²) in [7, 11) is 0. The monoisotopic (exact) mass is 474 g/mol. The third-order valence-electron chi connectivity index (χ3n) is 6.15. The van der Waals surface area contributed by atoms with Crippen LogP contribution in [0.1, 0.15) is 15.9 Å². The molecular weight excluding hydrogens is 450 g/mol. The lowest BCUT2D eigenvalue weighted by atomic mass is 10.0. The van der Waals surface area contributed by atoms with Crippen molar-refractivity contribution in [3.63, 3.8) is 0 Å². The zero-order valence-corrected chi connectivity index (χ0v) is 20.0. The number of carbonyl (C=O) groups is 1. The first kappa shape index (κ1) is 22.8. The topological polar surface area (TPSA) is 17.1 Å². The van der Waals surface area contributed by atoms with Crippen LogP contribution in [0.25, 0.3) is 0 Å². The van der Waals surface area contributed by atoms with Gasteiger partial charge in [-0.2, -0.15) is 0 Å². The second-order valence-electron chi connectivity index (χ2n) is 8.20. The number of ketones is 1. The minimum absolute atomic E-state index is 0.166. The quantitative estimate of drug-likeness (QED) is 0.211. The van der Waals surface area contributed by atoms with Crippen LogP contribution in [0.4, 0.5) is 4.39 Å². The van der Waals surface area contributed by atoms with Gasteiger partial charge in [-0.05, 0) is 28.9 Å². The maximum absolute atomic E-state index is 15.6. The zero-order chi connectivity index (χ0) is 24.1. The first-order valence-electron chi connectivity index (χ1n) is 11.5. The summed E-state index contributed by atoms with van der Waals surface area (Å²) >= 11 is 0. The summed E-state index contributed by atoms with van der Waals surface area (Å²) in [6, 6.07) is 46.0. The Morgan fingerprint density at radius 2 is 0.857 bits per heavy atom. The SMILES string of the molecule is O=C(C(c1ccccc1F)=P(c1ccccc1)(c1ccccc1)c1ccccc1)c1ccccc1. The van der Waals surface area contributed by atoms with Crippen LogP contribution in [0.15, 0.2) is 146 Å². The summed E-state index contributed by atoms with van der Waals surface area (Å²) in [6.07, 6.45) is 0. The van der Waals surface area contributed by atoms with Crippen LogP contribution < -0.4 is 15.9 Å². The highest BCUT2D eigenvalue weighted by atomic mass is 31.2. The summed E-state index contributed by atoms with van der Waals surface area (Å²) in [5.41, 5.74) is 0.879. The molecule has 0 amide bonds. The number of rotatable bonds is 6. The Morgan fingerprint density at radius 3 is 1.29 bits per heavy atom. The first-order valence-corrected chi connectivity index (χ1v) is 13.3. The minimum Gasteiger partial charge on any atom is -0.289 e. The van der Waals surface area contributed by atoms with Gasteiger partial charge in [-0.15, -0.1) is 0 Å². The van der Waals surface area contributed by atoms with Gasteiger partial charge in [0.15, 0.2) is 5.78 Å². The van der Waals surface area contributed by atoms with E-state index < -0.39 is 12.7 Å². The molecule has 5 aromatic carbocycles. The van der Waals surface area contributed by atoms with Crippen LogP contribution in [0.5, 0.6) is 0 Å². The zero-order valence-electron chi connectivity index (χ0n) is 19.1. The molecule has 1 nitrogen and oxygen atoms in total. The van der Waals surface area contributed by atoms with Crippen molar-refractivity contribution in [1.29, 1.82) is 0 Å². The molecule has 0 bridgehead atoms. The van der Waals surface area contributed by atoms with Crippen LogP contribution in [0.2, 0.25) is 0 Å². The van der Waals surface area contributed by atoms with Crippen LogP contribution >= 0.6 is 6.89 Å². The van der Waals surface area contributed by atoms with E-state index in [4.69, 9.17) is 0 Å². The molecule has 0 aliphatic carbocycles. The van der Waals surface area contributed by atoms with Crippen molar-refractivity contribution in [3.8, 4) is 0 Å². The maximum Gasteiger partial charge on any atom is 0.194 e. The van der Waals surface area contributed by atoms with Crippen molar-refractivity contribution in [1.82, 2.24) is 0 Å². The van der Waals surface area contributed by atoms with Gasteiger partial charge in [-0.3, -0.25) is 4.79 Å². The van der Waals surface area contributed by atoms with E-state index in [1.807, 2.05) is 72.8 Å². The van der Waals surface area contributed by atoms with E-state index >= 15 is 4.39 Å². The molecule has 0 fully saturated rings. The van der Waals surface area contributed by atoms with Gasteiger partial charge in [-0.25, -0.2) is 4.39 Å². The predicted molar refractivity (Wildman–Crippen MR) is 146 cm³/mol. The number of carbonyl (C=O) groups excluding carboxylic acids is 1. The minimum atomic E-state index is -2.81. The highest BCUT2D eigenvalue weighted by molar-refractivity contribution is 7.97. The molecule has 0 unspecified atom stereocenters. The predicted octanol–water partition coefficient (Wildman–Crippen LogP) is 6.22. The van der Waals surface area contributed by atoms with E-state index in [-0.39, 0.29) is 5.78 Å². The number of hydrogen-bond acceptors (Lipinski definition) is 1. The molecular formula is C32H24FOP. The Hall–Kier alpha value is -4.00. The second kappa shape index (κ2) is 10.1. The molecule has 0 atom stereocenters. The average Bonchev–Trinajstić information content (AvgIpc) is 2.94. The molecule has 0 radical (unpaired) electrons. The number of benzene rings is 5. The molecule has 0 heterocycles.